The van der Waals surface area contributed by atoms with Gasteiger partial charge in [-0.05, 0) is 32.4 Å². The summed E-state index contributed by atoms with van der Waals surface area (Å²) in [5.41, 5.74) is 8.96. The van der Waals surface area contributed by atoms with Crippen molar-refractivity contribution in [2.45, 2.75) is 27.2 Å². The van der Waals surface area contributed by atoms with Crippen LogP contribution in [0.15, 0.2) is 18.2 Å². The van der Waals surface area contributed by atoms with Gasteiger partial charge in [0.15, 0.2) is 0 Å². The van der Waals surface area contributed by atoms with Gasteiger partial charge in [-0.25, -0.2) is 4.98 Å². The van der Waals surface area contributed by atoms with Gasteiger partial charge < -0.3 is 10.5 Å². The first kappa shape index (κ1) is 14.9. The topological polar surface area (TPSA) is 48.1 Å². The molecule has 2 aromatic rings. The Morgan fingerprint density at radius 1 is 1.35 bits per heavy atom. The fraction of sp³-hybridized carbons (Fsp3) is 0.333. The first-order chi connectivity index (χ1) is 9.47. The van der Waals surface area contributed by atoms with Gasteiger partial charge in [0, 0.05) is 6.42 Å². The summed E-state index contributed by atoms with van der Waals surface area (Å²) in [5, 5.41) is 1.01. The fourth-order valence-electron chi connectivity index (χ4n) is 2.00. The molecule has 2 rings (SSSR count). The Hall–Kier alpha value is -1.46. The highest BCUT2D eigenvalue weighted by Crippen LogP contribution is 2.21. The molecule has 0 amide bonds. The van der Waals surface area contributed by atoms with Gasteiger partial charge in [-0.15, -0.1) is 11.3 Å². The summed E-state index contributed by atoms with van der Waals surface area (Å²) in [6, 6.07) is 6.19. The number of rotatable bonds is 5. The quantitative estimate of drug-likeness (QED) is 0.861. The number of nitrogens with two attached hydrogens (primary N) is 1. The van der Waals surface area contributed by atoms with Gasteiger partial charge in [0.25, 0.3) is 0 Å². The van der Waals surface area contributed by atoms with E-state index in [4.69, 9.17) is 22.7 Å². The smallest absolute Gasteiger partial charge is 0.122 e. The minimum atomic E-state index is 0.418. The Labute approximate surface area is 128 Å². The average Bonchev–Trinajstić information content (AvgIpc) is 2.73. The van der Waals surface area contributed by atoms with Gasteiger partial charge in [-0.3, -0.25) is 0 Å². The molecule has 3 nitrogen and oxygen atoms in total. The van der Waals surface area contributed by atoms with E-state index in [1.165, 1.54) is 5.56 Å². The lowest BCUT2D eigenvalue weighted by molar-refractivity contribution is 0.319. The van der Waals surface area contributed by atoms with Crippen LogP contribution in [0.2, 0.25) is 0 Å². The van der Waals surface area contributed by atoms with Crippen LogP contribution >= 0.6 is 23.6 Å². The van der Waals surface area contributed by atoms with Crippen LogP contribution in [0.4, 0.5) is 0 Å². The molecule has 0 aliphatic rings. The van der Waals surface area contributed by atoms with E-state index < -0.39 is 0 Å². The minimum Gasteiger partial charge on any atom is -0.493 e. The standard InChI is InChI=1S/C15H18N2OS2/c1-9-4-5-12(10(2)8-9)18-7-6-13-17-11(3)14(20-13)15(16)19/h4-5,8H,6-7H2,1-3H3,(H2,16,19). The molecule has 0 spiro atoms. The summed E-state index contributed by atoms with van der Waals surface area (Å²) < 4.78 is 5.81. The number of benzene rings is 1. The summed E-state index contributed by atoms with van der Waals surface area (Å²) in [6.45, 7) is 6.67. The third kappa shape index (κ3) is 3.55. The third-order valence-corrected chi connectivity index (χ3v) is 4.55. The highest BCUT2D eigenvalue weighted by Gasteiger charge is 2.10. The van der Waals surface area contributed by atoms with Crippen molar-refractivity contribution >= 4 is 28.5 Å². The highest BCUT2D eigenvalue weighted by molar-refractivity contribution is 7.81. The number of hydrogen-bond donors (Lipinski definition) is 1. The van der Waals surface area contributed by atoms with Gasteiger partial charge >= 0.3 is 0 Å². The number of hydrogen-bond acceptors (Lipinski definition) is 4. The fourth-order valence-corrected chi connectivity index (χ4v) is 3.17. The summed E-state index contributed by atoms with van der Waals surface area (Å²) >= 11 is 6.55. The zero-order chi connectivity index (χ0) is 14.7. The maximum atomic E-state index is 5.81. The van der Waals surface area contributed by atoms with Crippen molar-refractivity contribution in [2.75, 3.05) is 6.61 Å². The predicted molar refractivity (Wildman–Crippen MR) is 87.9 cm³/mol. The molecular formula is C15H18N2OS2. The van der Waals surface area contributed by atoms with E-state index in [9.17, 15) is 0 Å². The molecule has 0 saturated carbocycles. The molecule has 0 fully saturated rings. The van der Waals surface area contributed by atoms with E-state index in [-0.39, 0.29) is 0 Å². The molecule has 20 heavy (non-hydrogen) atoms. The Balaban J connectivity index is 1.96. The van der Waals surface area contributed by atoms with Crippen LogP contribution in [0.3, 0.4) is 0 Å². The van der Waals surface area contributed by atoms with E-state index in [1.54, 1.807) is 11.3 Å². The molecule has 0 atom stereocenters. The molecule has 1 aromatic heterocycles. The monoisotopic (exact) mass is 306 g/mol. The van der Waals surface area contributed by atoms with Crippen LogP contribution < -0.4 is 10.5 Å². The van der Waals surface area contributed by atoms with Gasteiger partial charge in [0.1, 0.15) is 10.7 Å². The van der Waals surface area contributed by atoms with E-state index in [0.717, 1.165) is 33.3 Å². The van der Waals surface area contributed by atoms with Crippen molar-refractivity contribution in [3.05, 3.63) is 44.9 Å². The van der Waals surface area contributed by atoms with Gasteiger partial charge in [-0.1, -0.05) is 29.9 Å². The lowest BCUT2D eigenvalue weighted by Gasteiger charge is -2.08. The van der Waals surface area contributed by atoms with E-state index >= 15 is 0 Å². The number of nitrogens with zero attached hydrogens (tertiary/aromatic N) is 1. The van der Waals surface area contributed by atoms with Crippen LogP contribution in [-0.2, 0) is 6.42 Å². The van der Waals surface area contributed by atoms with Gasteiger partial charge in [0.2, 0.25) is 0 Å². The van der Waals surface area contributed by atoms with Crippen LogP contribution in [0, 0.1) is 20.8 Å². The second-order valence-electron chi connectivity index (χ2n) is 4.75. The second-order valence-corrected chi connectivity index (χ2v) is 6.28. The summed E-state index contributed by atoms with van der Waals surface area (Å²) in [7, 11) is 0. The second kappa shape index (κ2) is 6.33. The van der Waals surface area contributed by atoms with Gasteiger partial charge in [-0.2, -0.15) is 0 Å². The van der Waals surface area contributed by atoms with Gasteiger partial charge in [0.05, 0.1) is 22.2 Å². The molecule has 106 valence electrons. The summed E-state index contributed by atoms with van der Waals surface area (Å²) in [5.74, 6) is 0.929. The van der Waals surface area contributed by atoms with Crippen LogP contribution in [0.1, 0.15) is 26.7 Å². The SMILES string of the molecule is Cc1ccc(OCCc2nc(C)c(C(N)=S)s2)c(C)c1. The van der Waals surface area contributed by atoms with E-state index in [2.05, 4.69) is 31.0 Å². The number of ether oxygens (including phenoxy) is 1. The Kier molecular flexibility index (Phi) is 4.73. The van der Waals surface area contributed by atoms with Crippen molar-refractivity contribution in [3.8, 4) is 5.75 Å². The first-order valence-corrected chi connectivity index (χ1v) is 7.66. The summed E-state index contributed by atoms with van der Waals surface area (Å²) in [4.78, 5) is 5.79. The molecule has 0 aliphatic heterocycles. The number of thiocarbonyl (C=S) groups is 1. The Morgan fingerprint density at radius 3 is 2.70 bits per heavy atom. The molecular weight excluding hydrogens is 288 g/mol. The highest BCUT2D eigenvalue weighted by atomic mass is 32.1. The molecule has 0 radical (unpaired) electrons. The van der Waals surface area contributed by atoms with Crippen molar-refractivity contribution in [1.82, 2.24) is 4.98 Å². The van der Waals surface area contributed by atoms with Crippen LogP contribution in [0.25, 0.3) is 0 Å². The predicted octanol–water partition coefficient (Wildman–Crippen LogP) is 3.32. The van der Waals surface area contributed by atoms with Crippen LogP contribution in [0.5, 0.6) is 5.75 Å². The van der Waals surface area contributed by atoms with Crippen molar-refractivity contribution in [1.29, 1.82) is 0 Å². The lowest BCUT2D eigenvalue weighted by atomic mass is 10.1. The molecule has 0 unspecified atom stereocenters. The number of thiazole rings is 1. The minimum absolute atomic E-state index is 0.418. The molecule has 0 bridgehead atoms. The average molecular weight is 306 g/mol. The van der Waals surface area contributed by atoms with Crippen LogP contribution in [-0.4, -0.2) is 16.6 Å². The molecule has 1 aromatic carbocycles. The van der Waals surface area contributed by atoms with E-state index in [0.29, 0.717) is 11.6 Å². The molecule has 0 saturated heterocycles. The summed E-state index contributed by atoms with van der Waals surface area (Å²) in [6.07, 6.45) is 0.765. The zero-order valence-corrected chi connectivity index (χ0v) is 13.5. The number of aromatic nitrogens is 1. The normalized spacial score (nSPS) is 10.6. The molecule has 5 heteroatoms. The largest absolute Gasteiger partial charge is 0.493 e. The van der Waals surface area contributed by atoms with E-state index in [1.807, 2.05) is 13.0 Å². The molecule has 1 heterocycles. The lowest BCUT2D eigenvalue weighted by Crippen LogP contribution is -2.08. The molecule has 0 aliphatic carbocycles. The molecule has 2 N–H and O–H groups in total. The number of aryl methyl sites for hydroxylation is 3. The van der Waals surface area contributed by atoms with Crippen molar-refractivity contribution < 1.29 is 4.74 Å². The maximum Gasteiger partial charge on any atom is 0.122 e. The first-order valence-electron chi connectivity index (χ1n) is 6.43. The Morgan fingerprint density at radius 2 is 2.10 bits per heavy atom. The third-order valence-electron chi connectivity index (χ3n) is 2.97. The maximum absolute atomic E-state index is 5.81. The van der Waals surface area contributed by atoms with Crippen molar-refractivity contribution in [2.24, 2.45) is 5.73 Å². The Bertz CT molecular complexity index is 635. The zero-order valence-electron chi connectivity index (χ0n) is 11.9. The van der Waals surface area contributed by atoms with Crippen molar-refractivity contribution in [3.63, 3.8) is 0 Å².